The molecule has 0 N–H and O–H groups in total. The molecular formula is C14H24N2O3. The molecule has 3 heterocycles. The second-order valence-electron chi connectivity index (χ2n) is 6.03. The van der Waals surface area contributed by atoms with Crippen LogP contribution in [0.25, 0.3) is 0 Å². The van der Waals surface area contributed by atoms with E-state index in [1.807, 2.05) is 4.90 Å². The van der Waals surface area contributed by atoms with Crippen LogP contribution >= 0.6 is 0 Å². The summed E-state index contributed by atoms with van der Waals surface area (Å²) in [5.41, 5.74) is 0.158. The Balaban J connectivity index is 1.58. The average Bonchev–Trinajstić information content (AvgIpc) is 2.96. The number of carbonyl (C=O) groups is 1. The lowest BCUT2D eigenvalue weighted by atomic mass is 9.85. The zero-order valence-corrected chi connectivity index (χ0v) is 11.8. The van der Waals surface area contributed by atoms with Crippen LogP contribution in [0, 0.1) is 0 Å². The highest BCUT2D eigenvalue weighted by Gasteiger charge is 2.42. The lowest BCUT2D eigenvalue weighted by Gasteiger charge is -2.49. The molecule has 3 fully saturated rings. The van der Waals surface area contributed by atoms with Crippen LogP contribution in [-0.2, 0) is 14.3 Å². The first kappa shape index (κ1) is 13.3. The number of rotatable bonds is 1. The summed E-state index contributed by atoms with van der Waals surface area (Å²) in [4.78, 5) is 16.7. The fraction of sp³-hybridized carbons (Fsp3) is 0.929. The molecule has 5 heteroatoms. The summed E-state index contributed by atoms with van der Waals surface area (Å²) in [5, 5.41) is 0. The van der Waals surface area contributed by atoms with Gasteiger partial charge in [-0.3, -0.25) is 9.69 Å². The monoisotopic (exact) mass is 268 g/mol. The third kappa shape index (κ3) is 2.51. The van der Waals surface area contributed by atoms with E-state index in [9.17, 15) is 4.79 Å². The Labute approximate surface area is 114 Å². The zero-order valence-electron chi connectivity index (χ0n) is 11.8. The molecule has 1 amide bonds. The first-order chi connectivity index (χ1) is 9.21. The number of hydrogen-bond donors (Lipinski definition) is 0. The molecule has 3 aliphatic rings. The second-order valence-corrected chi connectivity index (χ2v) is 6.03. The number of likely N-dealkylation sites (tertiary alicyclic amines) is 1. The maximum atomic E-state index is 12.3. The average molecular weight is 268 g/mol. The van der Waals surface area contributed by atoms with Gasteiger partial charge in [0.05, 0.1) is 13.2 Å². The number of ether oxygens (including phenoxy) is 2. The van der Waals surface area contributed by atoms with E-state index in [1.165, 1.54) is 0 Å². The predicted octanol–water partition coefficient (Wildman–Crippen LogP) is 0.489. The minimum absolute atomic E-state index is 0.158. The van der Waals surface area contributed by atoms with Crippen LogP contribution < -0.4 is 0 Å². The van der Waals surface area contributed by atoms with Crippen LogP contribution in [0.4, 0.5) is 0 Å². The van der Waals surface area contributed by atoms with E-state index < -0.39 is 0 Å². The quantitative estimate of drug-likeness (QED) is 0.694. The van der Waals surface area contributed by atoms with Gasteiger partial charge >= 0.3 is 0 Å². The standard InChI is InChI=1S/C14H24N2O3/c1-15-8-10-18-11-14(15)4-6-16(7-5-14)13(17)12-3-2-9-19-12/h12H,2-11H2,1H3. The second kappa shape index (κ2) is 5.38. The van der Waals surface area contributed by atoms with Crippen molar-refractivity contribution in [1.82, 2.24) is 9.80 Å². The molecule has 0 radical (unpaired) electrons. The van der Waals surface area contributed by atoms with Crippen LogP contribution in [0.3, 0.4) is 0 Å². The predicted molar refractivity (Wildman–Crippen MR) is 71.0 cm³/mol. The maximum absolute atomic E-state index is 12.3. The molecule has 0 aromatic rings. The summed E-state index contributed by atoms with van der Waals surface area (Å²) in [6.07, 6.45) is 3.77. The van der Waals surface area contributed by atoms with Gasteiger partial charge < -0.3 is 14.4 Å². The lowest BCUT2D eigenvalue weighted by molar-refractivity contribution is -0.146. The number of carbonyl (C=O) groups excluding carboxylic acids is 1. The van der Waals surface area contributed by atoms with Crippen molar-refractivity contribution in [2.75, 3.05) is 46.5 Å². The van der Waals surface area contributed by atoms with E-state index >= 15 is 0 Å². The van der Waals surface area contributed by atoms with Crippen molar-refractivity contribution >= 4 is 5.91 Å². The highest BCUT2D eigenvalue weighted by Crippen LogP contribution is 2.31. The van der Waals surface area contributed by atoms with Crippen LogP contribution in [0.15, 0.2) is 0 Å². The van der Waals surface area contributed by atoms with Gasteiger partial charge in [-0.05, 0) is 32.7 Å². The normalized spacial score (nSPS) is 31.8. The summed E-state index contributed by atoms with van der Waals surface area (Å²) < 4.78 is 11.2. The Kier molecular flexibility index (Phi) is 3.78. The highest BCUT2D eigenvalue weighted by atomic mass is 16.5. The summed E-state index contributed by atoms with van der Waals surface area (Å²) in [5.74, 6) is 0.201. The van der Waals surface area contributed by atoms with Crippen molar-refractivity contribution in [3.63, 3.8) is 0 Å². The first-order valence-corrected chi connectivity index (χ1v) is 7.41. The number of hydrogen-bond acceptors (Lipinski definition) is 4. The highest BCUT2D eigenvalue weighted by molar-refractivity contribution is 5.81. The molecule has 1 spiro atoms. The molecule has 0 aromatic heterocycles. The number of likely N-dealkylation sites (N-methyl/N-ethyl adjacent to an activating group) is 1. The molecule has 3 aliphatic heterocycles. The fourth-order valence-electron chi connectivity index (χ4n) is 3.46. The van der Waals surface area contributed by atoms with Crippen molar-refractivity contribution in [3.8, 4) is 0 Å². The smallest absolute Gasteiger partial charge is 0.251 e. The molecule has 0 saturated carbocycles. The fourth-order valence-corrected chi connectivity index (χ4v) is 3.46. The van der Waals surface area contributed by atoms with Crippen molar-refractivity contribution < 1.29 is 14.3 Å². The van der Waals surface area contributed by atoms with Crippen LogP contribution in [-0.4, -0.2) is 73.9 Å². The molecular weight excluding hydrogens is 244 g/mol. The Hall–Kier alpha value is -0.650. The number of nitrogens with zero attached hydrogens (tertiary/aromatic N) is 2. The van der Waals surface area contributed by atoms with Crippen LogP contribution in [0.2, 0.25) is 0 Å². The molecule has 3 rings (SSSR count). The van der Waals surface area contributed by atoms with Crippen molar-refractivity contribution in [2.45, 2.75) is 37.3 Å². The summed E-state index contributed by atoms with van der Waals surface area (Å²) in [7, 11) is 2.18. The van der Waals surface area contributed by atoms with Crippen LogP contribution in [0.5, 0.6) is 0 Å². The maximum Gasteiger partial charge on any atom is 0.251 e. The van der Waals surface area contributed by atoms with Gasteiger partial charge in [0, 0.05) is 31.8 Å². The van der Waals surface area contributed by atoms with E-state index in [-0.39, 0.29) is 17.6 Å². The number of morpholine rings is 1. The number of amides is 1. The molecule has 1 atom stereocenters. The van der Waals surface area contributed by atoms with Gasteiger partial charge in [0.25, 0.3) is 5.91 Å². The van der Waals surface area contributed by atoms with Gasteiger partial charge in [0.1, 0.15) is 6.10 Å². The van der Waals surface area contributed by atoms with Gasteiger partial charge in [-0.25, -0.2) is 0 Å². The minimum Gasteiger partial charge on any atom is -0.378 e. The molecule has 0 aromatic carbocycles. The van der Waals surface area contributed by atoms with Gasteiger partial charge in [-0.1, -0.05) is 0 Å². The van der Waals surface area contributed by atoms with Crippen LogP contribution in [0.1, 0.15) is 25.7 Å². The van der Waals surface area contributed by atoms with E-state index in [2.05, 4.69) is 11.9 Å². The molecule has 5 nitrogen and oxygen atoms in total. The lowest BCUT2D eigenvalue weighted by Crippen LogP contribution is -2.61. The molecule has 19 heavy (non-hydrogen) atoms. The summed E-state index contributed by atoms with van der Waals surface area (Å²) in [6.45, 7) is 5.06. The Bertz CT molecular complexity index is 334. The van der Waals surface area contributed by atoms with Gasteiger partial charge in [-0.2, -0.15) is 0 Å². The first-order valence-electron chi connectivity index (χ1n) is 7.41. The number of piperidine rings is 1. The van der Waals surface area contributed by atoms with Crippen molar-refractivity contribution in [2.24, 2.45) is 0 Å². The Morgan fingerprint density at radius 2 is 2.00 bits per heavy atom. The Morgan fingerprint density at radius 3 is 2.63 bits per heavy atom. The van der Waals surface area contributed by atoms with E-state index in [1.54, 1.807) is 0 Å². The Morgan fingerprint density at radius 1 is 1.21 bits per heavy atom. The SMILES string of the molecule is CN1CCOCC12CCN(C(=O)C1CCCO1)CC2. The van der Waals surface area contributed by atoms with E-state index in [0.29, 0.717) is 0 Å². The van der Waals surface area contributed by atoms with Crippen molar-refractivity contribution in [3.05, 3.63) is 0 Å². The third-order valence-electron chi connectivity index (χ3n) is 4.96. The minimum atomic E-state index is -0.172. The third-order valence-corrected chi connectivity index (χ3v) is 4.96. The largest absolute Gasteiger partial charge is 0.378 e. The zero-order chi connectivity index (χ0) is 13.3. The van der Waals surface area contributed by atoms with Gasteiger partial charge in [0.15, 0.2) is 0 Å². The molecule has 0 aliphatic carbocycles. The molecule has 108 valence electrons. The topological polar surface area (TPSA) is 42.0 Å². The van der Waals surface area contributed by atoms with Gasteiger partial charge in [0.2, 0.25) is 0 Å². The van der Waals surface area contributed by atoms with Crippen molar-refractivity contribution in [1.29, 1.82) is 0 Å². The van der Waals surface area contributed by atoms with Gasteiger partial charge in [-0.15, -0.1) is 0 Å². The molecule has 0 bridgehead atoms. The summed E-state index contributed by atoms with van der Waals surface area (Å²) >= 11 is 0. The molecule has 1 unspecified atom stereocenters. The molecule has 3 saturated heterocycles. The van der Waals surface area contributed by atoms with E-state index in [4.69, 9.17) is 9.47 Å². The summed E-state index contributed by atoms with van der Waals surface area (Å²) in [6, 6.07) is 0. The van der Waals surface area contributed by atoms with E-state index in [0.717, 1.165) is 65.1 Å².